The summed E-state index contributed by atoms with van der Waals surface area (Å²) in [6.45, 7) is 3.49. The molecule has 0 aliphatic heterocycles. The summed E-state index contributed by atoms with van der Waals surface area (Å²) in [4.78, 5) is 11.7. The van der Waals surface area contributed by atoms with E-state index >= 15 is 0 Å². The third-order valence-electron chi connectivity index (χ3n) is 1.44. The Bertz CT molecular complexity index is 311. The van der Waals surface area contributed by atoms with Crippen LogP contribution < -0.4 is 10.1 Å². The molecule has 7 heteroatoms. The second-order valence-corrected chi connectivity index (χ2v) is 2.92. The molecule has 6 nitrogen and oxygen atoms in total. The van der Waals surface area contributed by atoms with Gasteiger partial charge in [-0.25, -0.2) is 0 Å². The number of anilines is 1. The lowest BCUT2D eigenvalue weighted by atomic mass is 10.7. The number of rotatable bonds is 6. The summed E-state index contributed by atoms with van der Waals surface area (Å²) in [5.41, 5.74) is 0. The van der Waals surface area contributed by atoms with Crippen molar-refractivity contribution in [3.63, 3.8) is 0 Å². The van der Waals surface area contributed by atoms with Crippen molar-refractivity contribution in [1.82, 2.24) is 15.0 Å². The summed E-state index contributed by atoms with van der Waals surface area (Å²) in [6.07, 6.45) is 0. The largest absolute Gasteiger partial charge is 0.461 e. The summed E-state index contributed by atoms with van der Waals surface area (Å²) in [5, 5.41) is 3.03. The molecule has 84 valence electrons. The van der Waals surface area contributed by atoms with E-state index < -0.39 is 0 Å². The van der Waals surface area contributed by atoms with E-state index in [2.05, 4.69) is 20.3 Å². The fourth-order valence-electron chi connectivity index (χ4n) is 0.850. The molecule has 0 amide bonds. The zero-order chi connectivity index (χ0) is 11.1. The average Bonchev–Trinajstić information content (AvgIpc) is 2.18. The van der Waals surface area contributed by atoms with Gasteiger partial charge in [0, 0.05) is 13.7 Å². The first-order valence-electron chi connectivity index (χ1n) is 4.53. The molecule has 15 heavy (non-hydrogen) atoms. The van der Waals surface area contributed by atoms with Gasteiger partial charge in [0.1, 0.15) is 6.61 Å². The smallest absolute Gasteiger partial charge is 0.322 e. The molecule has 0 bridgehead atoms. The third-order valence-corrected chi connectivity index (χ3v) is 1.61. The maximum absolute atomic E-state index is 5.69. The molecule has 1 N–H and O–H groups in total. The highest BCUT2D eigenvalue weighted by Crippen LogP contribution is 2.10. The van der Waals surface area contributed by atoms with E-state index in [1.165, 1.54) is 0 Å². The summed E-state index contributed by atoms with van der Waals surface area (Å²) in [6, 6.07) is 0.197. The fraction of sp³-hybridized carbons (Fsp3) is 0.625. The maximum atomic E-state index is 5.69. The van der Waals surface area contributed by atoms with Gasteiger partial charge >= 0.3 is 6.01 Å². The van der Waals surface area contributed by atoms with E-state index in [9.17, 15) is 0 Å². The molecule has 0 radical (unpaired) electrons. The number of halogens is 1. The lowest BCUT2D eigenvalue weighted by Crippen LogP contribution is -2.09. The molecule has 0 aromatic carbocycles. The van der Waals surface area contributed by atoms with Gasteiger partial charge in [-0.15, -0.1) is 0 Å². The first-order chi connectivity index (χ1) is 7.26. The predicted molar refractivity (Wildman–Crippen MR) is 56.4 cm³/mol. The van der Waals surface area contributed by atoms with Gasteiger partial charge in [0.05, 0.1) is 6.61 Å². The van der Waals surface area contributed by atoms with Crippen LogP contribution in [0, 0.1) is 0 Å². The van der Waals surface area contributed by atoms with Gasteiger partial charge in [-0.2, -0.15) is 15.0 Å². The highest BCUT2D eigenvalue weighted by molar-refractivity contribution is 6.28. The van der Waals surface area contributed by atoms with E-state index in [-0.39, 0.29) is 11.3 Å². The van der Waals surface area contributed by atoms with Crippen LogP contribution in [0.4, 0.5) is 5.95 Å². The summed E-state index contributed by atoms with van der Waals surface area (Å²) < 4.78 is 10.0. The molecule has 1 aromatic rings. The summed E-state index contributed by atoms with van der Waals surface area (Å²) >= 11 is 5.69. The monoisotopic (exact) mass is 232 g/mol. The number of hydrogen-bond donors (Lipinski definition) is 1. The predicted octanol–water partition coefficient (Wildman–Crippen LogP) is 0.982. The fourth-order valence-corrected chi connectivity index (χ4v) is 1.00. The van der Waals surface area contributed by atoms with Gasteiger partial charge in [-0.05, 0) is 18.5 Å². The highest BCUT2D eigenvalue weighted by Gasteiger charge is 2.04. The van der Waals surface area contributed by atoms with Crippen LogP contribution in [0.25, 0.3) is 0 Å². The first kappa shape index (κ1) is 11.9. The van der Waals surface area contributed by atoms with Gasteiger partial charge < -0.3 is 14.8 Å². The SMILES string of the molecule is CCNc1nc(Cl)nc(OCCOC)n1. The Hall–Kier alpha value is -1.14. The van der Waals surface area contributed by atoms with Crippen molar-refractivity contribution in [1.29, 1.82) is 0 Å². The van der Waals surface area contributed by atoms with Crippen LogP contribution in [0.1, 0.15) is 6.92 Å². The molecule has 0 saturated carbocycles. The van der Waals surface area contributed by atoms with Gasteiger partial charge in [0.15, 0.2) is 0 Å². The van der Waals surface area contributed by atoms with Crippen molar-refractivity contribution in [2.45, 2.75) is 6.92 Å². The molecular weight excluding hydrogens is 220 g/mol. The number of nitrogens with one attached hydrogen (secondary N) is 1. The molecule has 1 rings (SSSR count). The molecule has 0 saturated heterocycles. The van der Waals surface area contributed by atoms with Crippen LogP contribution in [-0.4, -0.2) is 41.8 Å². The number of methoxy groups -OCH3 is 1. The highest BCUT2D eigenvalue weighted by atomic mass is 35.5. The minimum Gasteiger partial charge on any atom is -0.461 e. The molecule has 0 fully saturated rings. The summed E-state index contributed by atoms with van der Waals surface area (Å²) in [5.74, 6) is 0.407. The van der Waals surface area contributed by atoms with E-state index in [1.54, 1.807) is 7.11 Å². The topological polar surface area (TPSA) is 69.2 Å². The van der Waals surface area contributed by atoms with Gasteiger partial charge in [0.25, 0.3) is 0 Å². The quantitative estimate of drug-likeness (QED) is 0.738. The Morgan fingerprint density at radius 3 is 2.73 bits per heavy atom. The number of aromatic nitrogens is 3. The zero-order valence-electron chi connectivity index (χ0n) is 8.66. The second kappa shape index (κ2) is 6.36. The molecule has 0 atom stereocenters. The third kappa shape index (κ3) is 4.26. The molecule has 1 heterocycles. The van der Waals surface area contributed by atoms with Crippen LogP contribution in [0.15, 0.2) is 0 Å². The first-order valence-corrected chi connectivity index (χ1v) is 4.91. The van der Waals surface area contributed by atoms with Gasteiger partial charge in [-0.3, -0.25) is 0 Å². The van der Waals surface area contributed by atoms with Gasteiger partial charge in [0.2, 0.25) is 11.2 Å². The van der Waals surface area contributed by atoms with E-state index in [4.69, 9.17) is 21.1 Å². The molecule has 1 aromatic heterocycles. The lowest BCUT2D eigenvalue weighted by molar-refractivity contribution is 0.140. The Morgan fingerprint density at radius 1 is 1.27 bits per heavy atom. The Morgan fingerprint density at radius 2 is 2.07 bits per heavy atom. The van der Waals surface area contributed by atoms with Crippen LogP contribution >= 0.6 is 11.6 Å². The number of hydrogen-bond acceptors (Lipinski definition) is 6. The minimum absolute atomic E-state index is 0.105. The normalized spacial score (nSPS) is 10.1. The molecule has 0 unspecified atom stereocenters. The Balaban J connectivity index is 2.62. The number of nitrogens with zero attached hydrogens (tertiary/aromatic N) is 3. The van der Waals surface area contributed by atoms with Crippen molar-refractivity contribution in [2.75, 3.05) is 32.2 Å². The molecule has 0 aliphatic rings. The van der Waals surface area contributed by atoms with Crippen molar-refractivity contribution in [3.8, 4) is 6.01 Å². The van der Waals surface area contributed by atoms with Crippen LogP contribution in [0.5, 0.6) is 6.01 Å². The van der Waals surface area contributed by atoms with Crippen molar-refractivity contribution in [2.24, 2.45) is 0 Å². The zero-order valence-corrected chi connectivity index (χ0v) is 9.41. The minimum atomic E-state index is 0.105. The second-order valence-electron chi connectivity index (χ2n) is 2.58. The van der Waals surface area contributed by atoms with Crippen LogP contribution in [0.3, 0.4) is 0 Å². The van der Waals surface area contributed by atoms with Crippen molar-refractivity contribution in [3.05, 3.63) is 5.28 Å². The lowest BCUT2D eigenvalue weighted by Gasteiger charge is -2.05. The number of ether oxygens (including phenoxy) is 2. The van der Waals surface area contributed by atoms with E-state index in [0.717, 1.165) is 0 Å². The summed E-state index contributed by atoms with van der Waals surface area (Å²) in [7, 11) is 1.59. The van der Waals surface area contributed by atoms with E-state index in [0.29, 0.717) is 25.7 Å². The Kier molecular flexibility index (Phi) is 5.06. The van der Waals surface area contributed by atoms with Crippen molar-refractivity contribution < 1.29 is 9.47 Å². The standard InChI is InChI=1S/C8H13ClN4O2/c1-3-10-7-11-6(9)12-8(13-7)15-5-4-14-2/h3-5H2,1-2H3,(H,10,11,12,13). The van der Waals surface area contributed by atoms with Gasteiger partial charge in [-0.1, -0.05) is 0 Å². The molecule has 0 aliphatic carbocycles. The van der Waals surface area contributed by atoms with Crippen LogP contribution in [-0.2, 0) is 4.74 Å². The van der Waals surface area contributed by atoms with Crippen molar-refractivity contribution >= 4 is 17.5 Å². The average molecular weight is 233 g/mol. The van der Waals surface area contributed by atoms with E-state index in [1.807, 2.05) is 6.92 Å². The maximum Gasteiger partial charge on any atom is 0.322 e. The molecule has 0 spiro atoms. The Labute approximate surface area is 93.0 Å². The van der Waals surface area contributed by atoms with Crippen LogP contribution in [0.2, 0.25) is 5.28 Å². The molecular formula is C8H13ClN4O2.